The van der Waals surface area contributed by atoms with Gasteiger partial charge >= 0.3 is 0 Å². The standard InChI is InChI=1S/C22H22Cl2N4O3/c1-4-28-20(22(30)27(2)3)18(12-25-28)26-21(29)15-7-5-14(6-8-15)13-31-19-10-9-16(23)11-17(19)24/h5-12H,4,13H2,1-3H3,(H,26,29). The van der Waals surface area contributed by atoms with Crippen LogP contribution in [0.2, 0.25) is 10.0 Å². The van der Waals surface area contributed by atoms with Crippen LogP contribution in [0.3, 0.4) is 0 Å². The Hall–Kier alpha value is -3.03. The number of hydrogen-bond donors (Lipinski definition) is 1. The summed E-state index contributed by atoms with van der Waals surface area (Å²) in [6, 6.07) is 12.0. The normalized spacial score (nSPS) is 10.6. The van der Waals surface area contributed by atoms with Gasteiger partial charge in [0.05, 0.1) is 16.9 Å². The molecule has 0 aliphatic carbocycles. The third-order valence-electron chi connectivity index (χ3n) is 4.50. The molecule has 2 aromatic carbocycles. The summed E-state index contributed by atoms with van der Waals surface area (Å²) in [6.45, 7) is 2.67. The van der Waals surface area contributed by atoms with E-state index >= 15 is 0 Å². The van der Waals surface area contributed by atoms with Crippen LogP contribution in [0.15, 0.2) is 48.7 Å². The number of aromatic nitrogens is 2. The molecule has 1 heterocycles. The second kappa shape index (κ2) is 9.85. The second-order valence-electron chi connectivity index (χ2n) is 6.94. The number of carbonyl (C=O) groups excluding carboxylic acids is 2. The Morgan fingerprint density at radius 3 is 2.45 bits per heavy atom. The Balaban J connectivity index is 1.68. The first-order chi connectivity index (χ1) is 14.8. The summed E-state index contributed by atoms with van der Waals surface area (Å²) in [7, 11) is 3.30. The van der Waals surface area contributed by atoms with Gasteiger partial charge in [-0.25, -0.2) is 0 Å². The Labute approximate surface area is 190 Å². The lowest BCUT2D eigenvalue weighted by Crippen LogP contribution is -2.26. The van der Waals surface area contributed by atoms with E-state index in [1.807, 2.05) is 6.92 Å². The smallest absolute Gasteiger partial charge is 0.273 e. The number of hydrogen-bond acceptors (Lipinski definition) is 4. The van der Waals surface area contributed by atoms with Crippen LogP contribution in [0.5, 0.6) is 5.75 Å². The molecular weight excluding hydrogens is 439 g/mol. The van der Waals surface area contributed by atoms with E-state index in [2.05, 4.69) is 10.4 Å². The fourth-order valence-corrected chi connectivity index (χ4v) is 3.32. The van der Waals surface area contributed by atoms with Gasteiger partial charge in [0, 0.05) is 31.2 Å². The van der Waals surface area contributed by atoms with Gasteiger partial charge in [0.25, 0.3) is 11.8 Å². The zero-order valence-corrected chi connectivity index (χ0v) is 18.9. The molecule has 9 heteroatoms. The SMILES string of the molecule is CCn1ncc(NC(=O)c2ccc(COc3ccc(Cl)cc3Cl)cc2)c1C(=O)N(C)C. The van der Waals surface area contributed by atoms with E-state index in [1.165, 1.54) is 11.1 Å². The van der Waals surface area contributed by atoms with Crippen molar-refractivity contribution in [1.82, 2.24) is 14.7 Å². The van der Waals surface area contributed by atoms with Gasteiger partial charge < -0.3 is 15.0 Å². The van der Waals surface area contributed by atoms with Crippen molar-refractivity contribution in [3.8, 4) is 5.75 Å². The topological polar surface area (TPSA) is 76.5 Å². The van der Waals surface area contributed by atoms with Crippen molar-refractivity contribution in [1.29, 1.82) is 0 Å². The molecule has 0 radical (unpaired) electrons. The van der Waals surface area contributed by atoms with Crippen molar-refractivity contribution in [3.63, 3.8) is 0 Å². The lowest BCUT2D eigenvalue weighted by molar-refractivity contribution is 0.0816. The number of halogens is 2. The summed E-state index contributed by atoms with van der Waals surface area (Å²) in [5, 5.41) is 7.92. The van der Waals surface area contributed by atoms with Crippen LogP contribution in [0.1, 0.15) is 33.3 Å². The van der Waals surface area contributed by atoms with Crippen molar-refractivity contribution in [2.75, 3.05) is 19.4 Å². The molecule has 1 aromatic heterocycles. The number of ether oxygens (including phenoxy) is 1. The number of nitrogens with zero attached hydrogens (tertiary/aromatic N) is 3. The van der Waals surface area contributed by atoms with Gasteiger partial charge in [0.1, 0.15) is 18.1 Å². The molecular formula is C22H22Cl2N4O3. The Morgan fingerprint density at radius 1 is 1.13 bits per heavy atom. The number of nitrogens with one attached hydrogen (secondary N) is 1. The van der Waals surface area contributed by atoms with Crippen molar-refractivity contribution >= 4 is 40.7 Å². The molecule has 3 aromatic rings. The van der Waals surface area contributed by atoms with Crippen LogP contribution in [0.25, 0.3) is 0 Å². The van der Waals surface area contributed by atoms with Crippen molar-refractivity contribution in [2.24, 2.45) is 0 Å². The number of amides is 2. The van der Waals surface area contributed by atoms with Gasteiger partial charge in [-0.1, -0.05) is 35.3 Å². The van der Waals surface area contributed by atoms with E-state index in [9.17, 15) is 9.59 Å². The molecule has 0 unspecified atom stereocenters. The lowest BCUT2D eigenvalue weighted by Gasteiger charge is -2.13. The van der Waals surface area contributed by atoms with Gasteiger partial charge in [-0.3, -0.25) is 14.3 Å². The van der Waals surface area contributed by atoms with Crippen LogP contribution < -0.4 is 10.1 Å². The van der Waals surface area contributed by atoms with Crippen molar-refractivity contribution in [3.05, 3.63) is 75.5 Å². The highest BCUT2D eigenvalue weighted by Crippen LogP contribution is 2.28. The highest BCUT2D eigenvalue weighted by molar-refractivity contribution is 6.35. The molecule has 0 atom stereocenters. The van der Waals surface area contributed by atoms with Gasteiger partial charge in [-0.2, -0.15) is 5.10 Å². The maximum absolute atomic E-state index is 12.7. The third-order valence-corrected chi connectivity index (χ3v) is 5.03. The van der Waals surface area contributed by atoms with Crippen molar-refractivity contribution < 1.29 is 14.3 Å². The molecule has 0 fully saturated rings. The van der Waals surface area contributed by atoms with Gasteiger partial charge in [-0.15, -0.1) is 0 Å². The number of benzene rings is 2. The van der Waals surface area contributed by atoms with E-state index in [1.54, 1.807) is 61.2 Å². The van der Waals surface area contributed by atoms with Crippen molar-refractivity contribution in [2.45, 2.75) is 20.1 Å². The quantitative estimate of drug-likeness (QED) is 0.552. The zero-order valence-electron chi connectivity index (χ0n) is 17.4. The van der Waals surface area contributed by atoms with Crippen LogP contribution >= 0.6 is 23.2 Å². The minimum atomic E-state index is -0.336. The maximum Gasteiger partial charge on any atom is 0.273 e. The van der Waals surface area contributed by atoms with Gasteiger partial charge in [-0.05, 0) is 42.8 Å². The third kappa shape index (κ3) is 5.37. The van der Waals surface area contributed by atoms with Crippen LogP contribution in [-0.4, -0.2) is 40.6 Å². The van der Waals surface area contributed by atoms with E-state index in [0.717, 1.165) is 5.56 Å². The summed E-state index contributed by atoms with van der Waals surface area (Å²) in [4.78, 5) is 26.6. The summed E-state index contributed by atoms with van der Waals surface area (Å²) in [6.07, 6.45) is 1.48. The Bertz CT molecular complexity index is 1090. The minimum absolute atomic E-state index is 0.233. The molecule has 0 bridgehead atoms. The molecule has 3 rings (SSSR count). The van der Waals surface area contributed by atoms with E-state index in [0.29, 0.717) is 39.3 Å². The minimum Gasteiger partial charge on any atom is -0.487 e. The fourth-order valence-electron chi connectivity index (χ4n) is 2.85. The van der Waals surface area contributed by atoms with E-state index in [4.69, 9.17) is 27.9 Å². The summed E-state index contributed by atoms with van der Waals surface area (Å²) < 4.78 is 7.26. The summed E-state index contributed by atoms with van der Waals surface area (Å²) in [5.74, 6) is -0.0430. The van der Waals surface area contributed by atoms with E-state index in [-0.39, 0.29) is 18.4 Å². The van der Waals surface area contributed by atoms with Gasteiger partial charge in [0.15, 0.2) is 0 Å². The van der Waals surface area contributed by atoms with Gasteiger partial charge in [0.2, 0.25) is 0 Å². The molecule has 31 heavy (non-hydrogen) atoms. The molecule has 0 aliphatic rings. The number of anilines is 1. The maximum atomic E-state index is 12.7. The number of rotatable bonds is 7. The van der Waals surface area contributed by atoms with Crippen LogP contribution in [0, 0.1) is 0 Å². The molecule has 7 nitrogen and oxygen atoms in total. The fraction of sp³-hybridized carbons (Fsp3) is 0.227. The summed E-state index contributed by atoms with van der Waals surface area (Å²) in [5.41, 5.74) is 2.02. The zero-order chi connectivity index (χ0) is 22.5. The molecule has 162 valence electrons. The van der Waals surface area contributed by atoms with E-state index < -0.39 is 0 Å². The predicted molar refractivity (Wildman–Crippen MR) is 121 cm³/mol. The first-order valence-corrected chi connectivity index (χ1v) is 10.3. The highest BCUT2D eigenvalue weighted by atomic mass is 35.5. The average molecular weight is 461 g/mol. The largest absolute Gasteiger partial charge is 0.487 e. The molecule has 0 saturated carbocycles. The van der Waals surface area contributed by atoms with Crippen LogP contribution in [0.4, 0.5) is 5.69 Å². The second-order valence-corrected chi connectivity index (χ2v) is 7.78. The number of carbonyl (C=O) groups is 2. The average Bonchev–Trinajstić information content (AvgIpc) is 3.15. The molecule has 0 saturated heterocycles. The molecule has 0 aliphatic heterocycles. The molecule has 0 spiro atoms. The Morgan fingerprint density at radius 2 is 1.84 bits per heavy atom. The highest BCUT2D eigenvalue weighted by Gasteiger charge is 2.21. The molecule has 2 amide bonds. The summed E-state index contributed by atoms with van der Waals surface area (Å²) >= 11 is 12.0. The molecule has 1 N–H and O–H groups in total. The number of aryl methyl sites for hydroxylation is 1. The Kier molecular flexibility index (Phi) is 7.20. The lowest BCUT2D eigenvalue weighted by atomic mass is 10.1. The predicted octanol–water partition coefficient (Wildman–Crippen LogP) is 4.74. The van der Waals surface area contributed by atoms with Crippen LogP contribution in [-0.2, 0) is 13.2 Å². The first-order valence-electron chi connectivity index (χ1n) is 9.55. The monoisotopic (exact) mass is 460 g/mol. The first kappa shape index (κ1) is 22.7.